The number of aromatic nitrogens is 2. The van der Waals surface area contributed by atoms with Gasteiger partial charge in [-0.05, 0) is 24.3 Å². The highest BCUT2D eigenvalue weighted by Gasteiger charge is 2.04. The zero-order valence-electron chi connectivity index (χ0n) is 10.2. The number of hydrogen-bond donors (Lipinski definition) is 1. The van der Waals surface area contributed by atoms with Crippen LogP contribution in [0.25, 0.3) is 0 Å². The molecule has 0 bridgehead atoms. The zero-order chi connectivity index (χ0) is 13.7. The van der Waals surface area contributed by atoms with Crippen molar-refractivity contribution in [1.82, 2.24) is 9.97 Å². The standard InChI is InChI=1S/C13H12N2O4/c1-18-7-10-6-12(15-8-14-10)19-11-4-2-9(3-5-11)13(16)17/h2-6,8H,7H2,1H3,(H,16,17). The molecule has 0 aliphatic heterocycles. The second-order valence-corrected chi connectivity index (χ2v) is 3.71. The van der Waals surface area contributed by atoms with E-state index < -0.39 is 5.97 Å². The lowest BCUT2D eigenvalue weighted by molar-refractivity contribution is 0.0697. The summed E-state index contributed by atoms with van der Waals surface area (Å²) in [5.41, 5.74) is 0.907. The van der Waals surface area contributed by atoms with E-state index in [0.717, 1.165) is 0 Å². The molecule has 0 unspecified atom stereocenters. The van der Waals surface area contributed by atoms with E-state index in [1.165, 1.54) is 18.5 Å². The lowest BCUT2D eigenvalue weighted by atomic mass is 10.2. The van der Waals surface area contributed by atoms with E-state index in [9.17, 15) is 4.79 Å². The summed E-state index contributed by atoms with van der Waals surface area (Å²) in [5, 5.41) is 8.79. The van der Waals surface area contributed by atoms with Crippen molar-refractivity contribution in [3.63, 3.8) is 0 Å². The van der Waals surface area contributed by atoms with Crippen LogP contribution in [0.5, 0.6) is 11.6 Å². The van der Waals surface area contributed by atoms with Crippen LogP contribution in [0.2, 0.25) is 0 Å². The molecule has 0 saturated carbocycles. The second kappa shape index (κ2) is 5.92. The minimum absolute atomic E-state index is 0.204. The van der Waals surface area contributed by atoms with Gasteiger partial charge in [-0.15, -0.1) is 0 Å². The minimum atomic E-state index is -0.976. The van der Waals surface area contributed by atoms with Gasteiger partial charge in [0.05, 0.1) is 17.9 Å². The van der Waals surface area contributed by atoms with Gasteiger partial charge in [0.15, 0.2) is 0 Å². The number of ether oxygens (including phenoxy) is 2. The Bertz CT molecular complexity index is 569. The van der Waals surface area contributed by atoms with E-state index >= 15 is 0 Å². The van der Waals surface area contributed by atoms with Gasteiger partial charge >= 0.3 is 5.97 Å². The van der Waals surface area contributed by atoms with Crippen molar-refractivity contribution in [2.75, 3.05) is 7.11 Å². The van der Waals surface area contributed by atoms with Crippen LogP contribution in [-0.4, -0.2) is 28.2 Å². The first kappa shape index (κ1) is 13.0. The quantitative estimate of drug-likeness (QED) is 0.886. The number of hydrogen-bond acceptors (Lipinski definition) is 5. The average Bonchev–Trinajstić information content (AvgIpc) is 2.40. The topological polar surface area (TPSA) is 81.5 Å². The summed E-state index contributed by atoms with van der Waals surface area (Å²) in [4.78, 5) is 18.7. The highest BCUT2D eigenvalue weighted by molar-refractivity contribution is 5.87. The average molecular weight is 260 g/mol. The summed E-state index contributed by atoms with van der Waals surface area (Å²) in [6.45, 7) is 0.372. The van der Waals surface area contributed by atoms with Gasteiger partial charge in [-0.3, -0.25) is 0 Å². The first-order chi connectivity index (χ1) is 9.19. The first-order valence-electron chi connectivity index (χ1n) is 5.50. The number of carboxylic acids is 1. The third kappa shape index (κ3) is 3.49. The number of nitrogens with zero attached hydrogens (tertiary/aromatic N) is 2. The molecule has 0 saturated heterocycles. The molecule has 0 radical (unpaired) electrons. The molecular weight excluding hydrogens is 248 g/mol. The third-order valence-corrected chi connectivity index (χ3v) is 2.31. The Labute approximate surface area is 109 Å². The summed E-state index contributed by atoms with van der Waals surface area (Å²) in [6, 6.07) is 7.74. The number of carboxylic acid groups (broad SMARTS) is 1. The molecule has 98 valence electrons. The Morgan fingerprint density at radius 1 is 1.26 bits per heavy atom. The van der Waals surface area contributed by atoms with Crippen LogP contribution < -0.4 is 4.74 Å². The van der Waals surface area contributed by atoms with E-state index in [2.05, 4.69) is 9.97 Å². The molecule has 2 aromatic rings. The molecule has 6 heteroatoms. The van der Waals surface area contributed by atoms with Crippen molar-refractivity contribution >= 4 is 5.97 Å². The maximum atomic E-state index is 10.7. The van der Waals surface area contributed by atoms with Crippen molar-refractivity contribution < 1.29 is 19.4 Å². The van der Waals surface area contributed by atoms with Crippen molar-refractivity contribution in [2.45, 2.75) is 6.61 Å². The molecule has 0 amide bonds. The van der Waals surface area contributed by atoms with E-state index in [4.69, 9.17) is 14.6 Å². The Hall–Kier alpha value is -2.47. The van der Waals surface area contributed by atoms with E-state index in [-0.39, 0.29) is 5.56 Å². The van der Waals surface area contributed by atoms with Gasteiger partial charge in [-0.25, -0.2) is 14.8 Å². The summed E-state index contributed by atoms with van der Waals surface area (Å²) >= 11 is 0. The fourth-order valence-electron chi connectivity index (χ4n) is 1.45. The van der Waals surface area contributed by atoms with Gasteiger partial charge in [0, 0.05) is 13.2 Å². The zero-order valence-corrected chi connectivity index (χ0v) is 10.2. The molecule has 0 atom stereocenters. The van der Waals surface area contributed by atoms with Crippen molar-refractivity contribution in [3.05, 3.63) is 47.9 Å². The smallest absolute Gasteiger partial charge is 0.335 e. The maximum absolute atomic E-state index is 10.7. The number of carbonyl (C=O) groups is 1. The van der Waals surface area contributed by atoms with E-state index in [1.807, 2.05) is 0 Å². The van der Waals surface area contributed by atoms with E-state index in [1.54, 1.807) is 25.3 Å². The predicted octanol–water partition coefficient (Wildman–Crippen LogP) is 2.11. The molecule has 1 aromatic carbocycles. The van der Waals surface area contributed by atoms with Gasteiger partial charge in [-0.1, -0.05) is 0 Å². The van der Waals surface area contributed by atoms with Crippen molar-refractivity contribution in [2.24, 2.45) is 0 Å². The Morgan fingerprint density at radius 2 is 2.00 bits per heavy atom. The largest absolute Gasteiger partial charge is 0.478 e. The summed E-state index contributed by atoms with van der Waals surface area (Å²) in [7, 11) is 1.58. The SMILES string of the molecule is COCc1cc(Oc2ccc(C(=O)O)cc2)ncn1. The van der Waals surface area contributed by atoms with Crippen LogP contribution in [-0.2, 0) is 11.3 Å². The van der Waals surface area contributed by atoms with Crippen LogP contribution >= 0.6 is 0 Å². The summed E-state index contributed by atoms with van der Waals surface area (Å²) in [5.74, 6) is -0.0897. The number of methoxy groups -OCH3 is 1. The molecular formula is C13H12N2O4. The van der Waals surface area contributed by atoms with Gasteiger partial charge in [0.1, 0.15) is 12.1 Å². The maximum Gasteiger partial charge on any atom is 0.335 e. The molecule has 0 spiro atoms. The molecule has 19 heavy (non-hydrogen) atoms. The second-order valence-electron chi connectivity index (χ2n) is 3.71. The lowest BCUT2D eigenvalue weighted by Gasteiger charge is -2.06. The summed E-state index contributed by atoms with van der Waals surface area (Å²) < 4.78 is 10.5. The number of aromatic carboxylic acids is 1. The molecule has 0 aliphatic rings. The molecule has 0 aliphatic carbocycles. The Kier molecular flexibility index (Phi) is 4.04. The normalized spacial score (nSPS) is 10.2. The van der Waals surface area contributed by atoms with Crippen LogP contribution in [0.3, 0.4) is 0 Å². The lowest BCUT2D eigenvalue weighted by Crippen LogP contribution is -1.97. The fourth-order valence-corrected chi connectivity index (χ4v) is 1.45. The van der Waals surface area contributed by atoms with E-state index in [0.29, 0.717) is 23.9 Å². The monoisotopic (exact) mass is 260 g/mol. The highest BCUT2D eigenvalue weighted by atomic mass is 16.5. The van der Waals surface area contributed by atoms with Crippen molar-refractivity contribution in [3.8, 4) is 11.6 Å². The van der Waals surface area contributed by atoms with Gasteiger partial charge in [0.2, 0.25) is 5.88 Å². The molecule has 2 rings (SSSR count). The highest BCUT2D eigenvalue weighted by Crippen LogP contribution is 2.20. The molecule has 1 N–H and O–H groups in total. The predicted molar refractivity (Wildman–Crippen MR) is 66.2 cm³/mol. The van der Waals surface area contributed by atoms with Crippen LogP contribution in [0, 0.1) is 0 Å². The van der Waals surface area contributed by atoms with Crippen LogP contribution in [0.4, 0.5) is 0 Å². The number of rotatable bonds is 5. The molecule has 1 heterocycles. The minimum Gasteiger partial charge on any atom is -0.478 e. The first-order valence-corrected chi connectivity index (χ1v) is 5.50. The van der Waals surface area contributed by atoms with Crippen LogP contribution in [0.15, 0.2) is 36.7 Å². The van der Waals surface area contributed by atoms with Crippen LogP contribution in [0.1, 0.15) is 16.1 Å². The third-order valence-electron chi connectivity index (χ3n) is 2.31. The van der Waals surface area contributed by atoms with Gasteiger partial charge in [-0.2, -0.15) is 0 Å². The van der Waals surface area contributed by atoms with Crippen molar-refractivity contribution in [1.29, 1.82) is 0 Å². The Balaban J connectivity index is 2.12. The molecule has 1 aromatic heterocycles. The molecule has 0 fully saturated rings. The van der Waals surface area contributed by atoms with Gasteiger partial charge < -0.3 is 14.6 Å². The summed E-state index contributed by atoms with van der Waals surface area (Å²) in [6.07, 6.45) is 1.38. The number of benzene rings is 1. The van der Waals surface area contributed by atoms with Gasteiger partial charge in [0.25, 0.3) is 0 Å². The fraction of sp³-hybridized carbons (Fsp3) is 0.154. The Morgan fingerprint density at radius 3 is 2.63 bits per heavy atom. The molecule has 6 nitrogen and oxygen atoms in total.